The number of anilines is 2. The van der Waals surface area contributed by atoms with Gasteiger partial charge in [0, 0.05) is 14.9 Å². The number of benzene rings is 2. The molecule has 1 aliphatic rings. The lowest BCUT2D eigenvalue weighted by molar-refractivity contribution is 0.0971. The van der Waals surface area contributed by atoms with Crippen LogP contribution >= 0.6 is 22.6 Å². The number of furan rings is 1. The van der Waals surface area contributed by atoms with Gasteiger partial charge in [-0.1, -0.05) is 12.1 Å². The number of nitrogens with one attached hydrogen (secondary N) is 1. The van der Waals surface area contributed by atoms with Crippen molar-refractivity contribution in [3.05, 3.63) is 81.3 Å². The summed E-state index contributed by atoms with van der Waals surface area (Å²) in [6.45, 7) is 2.02. The van der Waals surface area contributed by atoms with E-state index in [1.165, 1.54) is 0 Å². The zero-order valence-corrected chi connectivity index (χ0v) is 15.2. The van der Waals surface area contributed by atoms with Gasteiger partial charge >= 0.3 is 0 Å². The molecule has 1 N–H and O–H groups in total. The third kappa shape index (κ3) is 2.58. The molecule has 2 aromatic carbocycles. The number of rotatable bonds is 2. The van der Waals surface area contributed by atoms with Gasteiger partial charge in [-0.15, -0.1) is 0 Å². The van der Waals surface area contributed by atoms with E-state index in [0.717, 1.165) is 20.5 Å². The molecule has 1 amide bonds. The predicted octanol–water partition coefficient (Wildman–Crippen LogP) is 4.96. The Bertz CT molecular complexity index is 905. The Morgan fingerprint density at radius 2 is 2.00 bits per heavy atom. The van der Waals surface area contributed by atoms with Crippen LogP contribution in [-0.2, 0) is 0 Å². The van der Waals surface area contributed by atoms with Crippen LogP contribution in [0.25, 0.3) is 0 Å². The number of halogens is 1. The first-order valence-corrected chi connectivity index (χ1v) is 8.71. The Morgan fingerprint density at radius 3 is 2.75 bits per heavy atom. The first-order valence-electron chi connectivity index (χ1n) is 7.63. The van der Waals surface area contributed by atoms with Gasteiger partial charge in [-0.05, 0) is 77.5 Å². The molecule has 4 rings (SSSR count). The standard InChI is InChI=1S/C19H15IN2O2/c1-12-4-2-5-14(10-12)22-18(17-6-3-9-24-17)21-16-8-7-13(20)11-15(16)19(22)23/h2-11,18,21H,1H3/t18-/m1/s1. The number of amides is 1. The van der Waals surface area contributed by atoms with Crippen molar-refractivity contribution in [3.63, 3.8) is 0 Å². The fraction of sp³-hybridized carbons (Fsp3) is 0.105. The number of carbonyl (C=O) groups excluding carboxylic acids is 1. The molecule has 0 bridgehead atoms. The van der Waals surface area contributed by atoms with Gasteiger partial charge in [0.2, 0.25) is 0 Å². The maximum absolute atomic E-state index is 13.2. The summed E-state index contributed by atoms with van der Waals surface area (Å²) >= 11 is 2.22. The average molecular weight is 430 g/mol. The normalized spacial score (nSPS) is 16.7. The van der Waals surface area contributed by atoms with Crippen molar-refractivity contribution >= 4 is 39.9 Å². The van der Waals surface area contributed by atoms with Crippen LogP contribution in [0.5, 0.6) is 0 Å². The van der Waals surface area contributed by atoms with Crippen molar-refractivity contribution in [2.45, 2.75) is 13.1 Å². The lowest BCUT2D eigenvalue weighted by Gasteiger charge is -2.37. The molecule has 3 aromatic rings. The molecule has 0 aliphatic carbocycles. The lowest BCUT2D eigenvalue weighted by atomic mass is 10.0. The van der Waals surface area contributed by atoms with E-state index in [9.17, 15) is 4.79 Å². The molecule has 1 aromatic heterocycles. The van der Waals surface area contributed by atoms with E-state index in [1.807, 2.05) is 61.5 Å². The van der Waals surface area contributed by atoms with E-state index in [2.05, 4.69) is 27.9 Å². The molecule has 0 spiro atoms. The van der Waals surface area contributed by atoms with Crippen molar-refractivity contribution in [3.8, 4) is 0 Å². The fourth-order valence-corrected chi connectivity index (χ4v) is 3.46. The minimum Gasteiger partial charge on any atom is -0.465 e. The molecule has 4 nitrogen and oxygen atoms in total. The molecule has 2 heterocycles. The maximum atomic E-state index is 13.2. The summed E-state index contributed by atoms with van der Waals surface area (Å²) in [5.74, 6) is 0.670. The Morgan fingerprint density at radius 1 is 1.12 bits per heavy atom. The third-order valence-corrected chi connectivity index (χ3v) is 4.74. The number of aryl methyl sites for hydroxylation is 1. The number of nitrogens with zero attached hydrogens (tertiary/aromatic N) is 1. The van der Waals surface area contributed by atoms with Gasteiger partial charge < -0.3 is 9.73 Å². The van der Waals surface area contributed by atoms with E-state index in [4.69, 9.17) is 4.42 Å². The van der Waals surface area contributed by atoms with Crippen LogP contribution in [0.3, 0.4) is 0 Å². The number of fused-ring (bicyclic) bond motifs is 1. The number of hydrogen-bond donors (Lipinski definition) is 1. The van der Waals surface area contributed by atoms with Crippen molar-refractivity contribution in [2.24, 2.45) is 0 Å². The minimum absolute atomic E-state index is 0.0331. The summed E-state index contributed by atoms with van der Waals surface area (Å²) < 4.78 is 6.61. The van der Waals surface area contributed by atoms with Crippen LogP contribution in [0.1, 0.15) is 27.8 Å². The van der Waals surface area contributed by atoms with Gasteiger partial charge in [-0.3, -0.25) is 9.69 Å². The summed E-state index contributed by atoms with van der Waals surface area (Å²) in [7, 11) is 0. The van der Waals surface area contributed by atoms with Crippen LogP contribution in [0.4, 0.5) is 11.4 Å². The van der Waals surface area contributed by atoms with Crippen molar-refractivity contribution in [2.75, 3.05) is 10.2 Å². The van der Waals surface area contributed by atoms with E-state index in [1.54, 1.807) is 11.2 Å². The Hall–Kier alpha value is -2.28. The van der Waals surface area contributed by atoms with E-state index in [-0.39, 0.29) is 12.1 Å². The zero-order valence-electron chi connectivity index (χ0n) is 13.0. The largest absolute Gasteiger partial charge is 0.465 e. The second-order valence-corrected chi connectivity index (χ2v) is 7.01. The van der Waals surface area contributed by atoms with Crippen molar-refractivity contribution < 1.29 is 9.21 Å². The minimum atomic E-state index is -0.373. The van der Waals surface area contributed by atoms with Crippen LogP contribution in [0, 0.1) is 10.5 Å². The van der Waals surface area contributed by atoms with Crippen LogP contribution in [-0.4, -0.2) is 5.91 Å². The zero-order chi connectivity index (χ0) is 16.7. The number of hydrogen-bond acceptors (Lipinski definition) is 3. The Balaban J connectivity index is 1.88. The van der Waals surface area contributed by atoms with E-state index < -0.39 is 0 Å². The van der Waals surface area contributed by atoms with Crippen molar-refractivity contribution in [1.29, 1.82) is 0 Å². The topological polar surface area (TPSA) is 45.5 Å². The Labute approximate surface area is 153 Å². The first kappa shape index (κ1) is 15.3. The van der Waals surface area contributed by atoms with E-state index in [0.29, 0.717) is 11.3 Å². The molecule has 0 saturated carbocycles. The first-order chi connectivity index (χ1) is 11.6. The lowest BCUT2D eigenvalue weighted by Crippen LogP contribution is -2.43. The van der Waals surface area contributed by atoms with Crippen molar-refractivity contribution in [1.82, 2.24) is 0 Å². The molecule has 0 saturated heterocycles. The molecule has 0 radical (unpaired) electrons. The highest BCUT2D eigenvalue weighted by Gasteiger charge is 2.35. The van der Waals surface area contributed by atoms with E-state index >= 15 is 0 Å². The fourth-order valence-electron chi connectivity index (χ4n) is 2.97. The second kappa shape index (κ2) is 5.98. The highest BCUT2D eigenvalue weighted by atomic mass is 127. The molecule has 1 atom stereocenters. The smallest absolute Gasteiger partial charge is 0.262 e. The van der Waals surface area contributed by atoms with Crippen LogP contribution < -0.4 is 10.2 Å². The predicted molar refractivity (Wildman–Crippen MR) is 102 cm³/mol. The summed E-state index contributed by atoms with van der Waals surface area (Å²) in [6, 6.07) is 17.5. The van der Waals surface area contributed by atoms with Gasteiger partial charge in [0.1, 0.15) is 5.76 Å². The molecule has 24 heavy (non-hydrogen) atoms. The summed E-state index contributed by atoms with van der Waals surface area (Å²) in [5, 5.41) is 3.43. The molecule has 5 heteroatoms. The monoisotopic (exact) mass is 430 g/mol. The van der Waals surface area contributed by atoms with Crippen LogP contribution in [0.2, 0.25) is 0 Å². The van der Waals surface area contributed by atoms with Gasteiger partial charge in [0.25, 0.3) is 5.91 Å². The molecule has 1 aliphatic heterocycles. The summed E-state index contributed by atoms with van der Waals surface area (Å²) in [4.78, 5) is 15.0. The summed E-state index contributed by atoms with van der Waals surface area (Å²) in [6.07, 6.45) is 1.25. The maximum Gasteiger partial charge on any atom is 0.262 e. The molecule has 0 unspecified atom stereocenters. The highest BCUT2D eigenvalue weighted by molar-refractivity contribution is 14.1. The summed E-state index contributed by atoms with van der Waals surface area (Å²) in [5.41, 5.74) is 3.45. The quantitative estimate of drug-likeness (QED) is 0.585. The van der Waals surface area contributed by atoms with Gasteiger partial charge in [-0.25, -0.2) is 0 Å². The second-order valence-electron chi connectivity index (χ2n) is 5.77. The highest BCUT2D eigenvalue weighted by Crippen LogP contribution is 2.37. The number of carbonyl (C=O) groups is 1. The molecular formula is C19H15IN2O2. The average Bonchev–Trinajstić information content (AvgIpc) is 3.09. The van der Waals surface area contributed by atoms with Gasteiger partial charge in [-0.2, -0.15) is 0 Å². The van der Waals surface area contributed by atoms with Gasteiger partial charge in [0.15, 0.2) is 6.17 Å². The molecular weight excluding hydrogens is 415 g/mol. The van der Waals surface area contributed by atoms with Crippen LogP contribution in [0.15, 0.2) is 65.3 Å². The Kier molecular flexibility index (Phi) is 3.80. The molecule has 120 valence electrons. The molecule has 0 fully saturated rings. The third-order valence-electron chi connectivity index (χ3n) is 4.07. The SMILES string of the molecule is Cc1cccc(N2C(=O)c3cc(I)ccc3N[C@H]2c2ccco2)c1. The van der Waals surface area contributed by atoms with Gasteiger partial charge in [0.05, 0.1) is 11.8 Å².